The molecule has 0 saturated carbocycles. The SMILES string of the molecule is CNc1ccc(C(=O)NCCO)cn1. The highest BCUT2D eigenvalue weighted by Gasteiger charge is 2.03. The molecule has 1 aromatic rings. The minimum Gasteiger partial charge on any atom is -0.395 e. The fourth-order valence-electron chi connectivity index (χ4n) is 0.948. The molecular formula is C9H13N3O2. The number of anilines is 1. The molecule has 0 aromatic carbocycles. The van der Waals surface area contributed by atoms with Gasteiger partial charge in [0.1, 0.15) is 5.82 Å². The van der Waals surface area contributed by atoms with Crippen molar-refractivity contribution in [2.45, 2.75) is 0 Å². The highest BCUT2D eigenvalue weighted by molar-refractivity contribution is 5.93. The van der Waals surface area contributed by atoms with Crippen LogP contribution in [0.25, 0.3) is 0 Å². The summed E-state index contributed by atoms with van der Waals surface area (Å²) in [5, 5.41) is 13.9. The third-order valence-corrected chi connectivity index (χ3v) is 1.68. The van der Waals surface area contributed by atoms with Gasteiger partial charge in [0.2, 0.25) is 0 Å². The number of amides is 1. The molecule has 0 spiro atoms. The molecule has 1 rings (SSSR count). The predicted molar refractivity (Wildman–Crippen MR) is 53.2 cm³/mol. The van der Waals surface area contributed by atoms with E-state index in [0.717, 1.165) is 0 Å². The lowest BCUT2D eigenvalue weighted by atomic mass is 10.2. The Bertz CT molecular complexity index is 297. The first-order chi connectivity index (χ1) is 6.77. The van der Waals surface area contributed by atoms with Crippen LogP contribution in [0.4, 0.5) is 5.82 Å². The molecule has 1 aromatic heterocycles. The van der Waals surface area contributed by atoms with Crippen LogP contribution >= 0.6 is 0 Å². The number of pyridine rings is 1. The number of rotatable bonds is 4. The third-order valence-electron chi connectivity index (χ3n) is 1.68. The van der Waals surface area contributed by atoms with Gasteiger partial charge in [0, 0.05) is 19.8 Å². The number of aliphatic hydroxyl groups is 1. The van der Waals surface area contributed by atoms with Gasteiger partial charge >= 0.3 is 0 Å². The van der Waals surface area contributed by atoms with E-state index in [9.17, 15) is 4.79 Å². The fourth-order valence-corrected chi connectivity index (χ4v) is 0.948. The van der Waals surface area contributed by atoms with E-state index in [1.807, 2.05) is 0 Å². The Kier molecular flexibility index (Phi) is 3.87. The van der Waals surface area contributed by atoms with Crippen LogP contribution in [-0.4, -0.2) is 36.2 Å². The van der Waals surface area contributed by atoms with Crippen LogP contribution in [0.2, 0.25) is 0 Å². The lowest BCUT2D eigenvalue weighted by molar-refractivity contribution is 0.0944. The minimum absolute atomic E-state index is 0.0617. The molecule has 0 bridgehead atoms. The molecule has 0 unspecified atom stereocenters. The van der Waals surface area contributed by atoms with Crippen molar-refractivity contribution in [3.8, 4) is 0 Å². The fraction of sp³-hybridized carbons (Fsp3) is 0.333. The van der Waals surface area contributed by atoms with E-state index in [1.165, 1.54) is 6.20 Å². The van der Waals surface area contributed by atoms with Crippen molar-refractivity contribution in [3.05, 3.63) is 23.9 Å². The van der Waals surface area contributed by atoms with Gasteiger partial charge in [-0.2, -0.15) is 0 Å². The van der Waals surface area contributed by atoms with Gasteiger partial charge in [-0.3, -0.25) is 4.79 Å². The second kappa shape index (κ2) is 5.18. The first-order valence-electron chi connectivity index (χ1n) is 4.31. The van der Waals surface area contributed by atoms with E-state index in [-0.39, 0.29) is 19.1 Å². The average Bonchev–Trinajstić information content (AvgIpc) is 2.26. The molecule has 0 aliphatic carbocycles. The standard InChI is InChI=1S/C9H13N3O2/c1-10-8-3-2-7(6-12-8)9(14)11-4-5-13/h2-3,6,13H,4-5H2,1H3,(H,10,12)(H,11,14). The lowest BCUT2D eigenvalue weighted by Crippen LogP contribution is -2.26. The number of hydrogen-bond donors (Lipinski definition) is 3. The molecule has 0 aliphatic heterocycles. The zero-order chi connectivity index (χ0) is 10.4. The highest BCUT2D eigenvalue weighted by Crippen LogP contribution is 2.03. The van der Waals surface area contributed by atoms with Crippen LogP contribution in [0.1, 0.15) is 10.4 Å². The second-order valence-corrected chi connectivity index (χ2v) is 2.66. The number of nitrogens with one attached hydrogen (secondary N) is 2. The summed E-state index contributed by atoms with van der Waals surface area (Å²) in [7, 11) is 1.76. The highest BCUT2D eigenvalue weighted by atomic mass is 16.3. The Balaban J connectivity index is 2.62. The van der Waals surface area contributed by atoms with Crippen molar-refractivity contribution in [1.82, 2.24) is 10.3 Å². The Morgan fingerprint density at radius 2 is 2.36 bits per heavy atom. The lowest BCUT2D eigenvalue weighted by Gasteiger charge is -2.03. The monoisotopic (exact) mass is 195 g/mol. The predicted octanol–water partition coefficient (Wildman–Crippen LogP) is -0.155. The maximum Gasteiger partial charge on any atom is 0.252 e. The van der Waals surface area contributed by atoms with Crippen molar-refractivity contribution in [3.63, 3.8) is 0 Å². The first-order valence-corrected chi connectivity index (χ1v) is 4.31. The molecule has 1 amide bonds. The van der Waals surface area contributed by atoms with Gasteiger partial charge in [0.15, 0.2) is 0 Å². The van der Waals surface area contributed by atoms with E-state index in [0.29, 0.717) is 11.4 Å². The maximum atomic E-state index is 11.3. The second-order valence-electron chi connectivity index (χ2n) is 2.66. The third kappa shape index (κ3) is 2.70. The summed E-state index contributed by atoms with van der Waals surface area (Å²) in [5.74, 6) is 0.484. The summed E-state index contributed by atoms with van der Waals surface area (Å²) in [6, 6.07) is 3.39. The van der Waals surface area contributed by atoms with E-state index in [1.54, 1.807) is 19.2 Å². The van der Waals surface area contributed by atoms with Crippen molar-refractivity contribution >= 4 is 11.7 Å². The smallest absolute Gasteiger partial charge is 0.252 e. The van der Waals surface area contributed by atoms with E-state index >= 15 is 0 Å². The zero-order valence-electron chi connectivity index (χ0n) is 7.95. The summed E-state index contributed by atoms with van der Waals surface area (Å²) >= 11 is 0. The molecule has 76 valence electrons. The topological polar surface area (TPSA) is 74.2 Å². The van der Waals surface area contributed by atoms with Crippen LogP contribution in [-0.2, 0) is 0 Å². The Morgan fingerprint density at radius 3 is 2.86 bits per heavy atom. The number of carbonyl (C=O) groups is 1. The molecule has 0 atom stereocenters. The molecule has 1 heterocycles. The molecule has 0 saturated heterocycles. The summed E-state index contributed by atoms with van der Waals surface area (Å²) in [5.41, 5.74) is 0.484. The molecular weight excluding hydrogens is 182 g/mol. The molecule has 3 N–H and O–H groups in total. The Hall–Kier alpha value is -1.62. The average molecular weight is 195 g/mol. The van der Waals surface area contributed by atoms with Crippen molar-refractivity contribution in [1.29, 1.82) is 0 Å². The van der Waals surface area contributed by atoms with Crippen molar-refractivity contribution < 1.29 is 9.90 Å². The van der Waals surface area contributed by atoms with Crippen LogP contribution in [0.5, 0.6) is 0 Å². The van der Waals surface area contributed by atoms with E-state index in [2.05, 4.69) is 15.6 Å². The summed E-state index contributed by atoms with van der Waals surface area (Å²) < 4.78 is 0. The number of nitrogens with zero attached hydrogens (tertiary/aromatic N) is 1. The van der Waals surface area contributed by atoms with Crippen LogP contribution in [0.15, 0.2) is 18.3 Å². The quantitative estimate of drug-likeness (QED) is 0.624. The first kappa shape index (κ1) is 10.5. The van der Waals surface area contributed by atoms with Crippen molar-refractivity contribution in [2.75, 3.05) is 25.5 Å². The summed E-state index contributed by atoms with van der Waals surface area (Å²) in [6.07, 6.45) is 1.48. The number of carbonyl (C=O) groups excluding carboxylic acids is 1. The van der Waals surface area contributed by atoms with Gasteiger partial charge in [-0.25, -0.2) is 4.98 Å². The van der Waals surface area contributed by atoms with Crippen LogP contribution < -0.4 is 10.6 Å². The Labute approximate surface area is 82.2 Å². The molecule has 0 radical (unpaired) electrons. The molecule has 0 fully saturated rings. The normalized spacial score (nSPS) is 9.57. The van der Waals surface area contributed by atoms with Gasteiger partial charge in [-0.05, 0) is 12.1 Å². The molecule has 5 heteroatoms. The Morgan fingerprint density at radius 1 is 1.57 bits per heavy atom. The van der Waals surface area contributed by atoms with Gasteiger partial charge < -0.3 is 15.7 Å². The largest absolute Gasteiger partial charge is 0.395 e. The molecule has 0 aliphatic rings. The van der Waals surface area contributed by atoms with Crippen LogP contribution in [0.3, 0.4) is 0 Å². The molecule has 14 heavy (non-hydrogen) atoms. The summed E-state index contributed by atoms with van der Waals surface area (Å²) in [4.78, 5) is 15.3. The maximum absolute atomic E-state index is 11.3. The minimum atomic E-state index is -0.228. The number of aromatic nitrogens is 1. The van der Waals surface area contributed by atoms with Gasteiger partial charge in [-0.1, -0.05) is 0 Å². The zero-order valence-corrected chi connectivity index (χ0v) is 7.95. The molecule has 5 nitrogen and oxygen atoms in total. The van der Waals surface area contributed by atoms with Crippen LogP contribution in [0, 0.1) is 0 Å². The van der Waals surface area contributed by atoms with Crippen molar-refractivity contribution in [2.24, 2.45) is 0 Å². The van der Waals surface area contributed by atoms with E-state index in [4.69, 9.17) is 5.11 Å². The summed E-state index contributed by atoms with van der Waals surface area (Å²) in [6.45, 7) is 0.195. The number of aliphatic hydroxyl groups excluding tert-OH is 1. The van der Waals surface area contributed by atoms with Gasteiger partial charge in [0.25, 0.3) is 5.91 Å². The number of hydrogen-bond acceptors (Lipinski definition) is 4. The van der Waals surface area contributed by atoms with E-state index < -0.39 is 0 Å². The van der Waals surface area contributed by atoms with Gasteiger partial charge in [0.05, 0.1) is 12.2 Å². The van der Waals surface area contributed by atoms with Gasteiger partial charge in [-0.15, -0.1) is 0 Å².